The Bertz CT molecular complexity index is 1250. The molecule has 1 aliphatic rings. The lowest BCUT2D eigenvalue weighted by atomic mass is 10.1. The fraction of sp³-hybridized carbons (Fsp3) is 0.0870. The number of anilines is 1. The van der Waals surface area contributed by atoms with Gasteiger partial charge in [-0.3, -0.25) is 14.9 Å². The second kappa shape index (κ2) is 8.68. The zero-order chi connectivity index (χ0) is 22.8. The number of amides is 4. The highest BCUT2D eigenvalue weighted by atomic mass is 35.5. The van der Waals surface area contributed by atoms with Crippen LogP contribution in [0, 0.1) is 5.82 Å². The largest absolute Gasteiger partial charge is 0.494 e. The van der Waals surface area contributed by atoms with Gasteiger partial charge in [0.1, 0.15) is 28.7 Å². The van der Waals surface area contributed by atoms with E-state index in [0.717, 1.165) is 4.90 Å². The van der Waals surface area contributed by atoms with Gasteiger partial charge in [0.05, 0.1) is 17.3 Å². The molecule has 0 radical (unpaired) electrons. The predicted molar refractivity (Wildman–Crippen MR) is 116 cm³/mol. The van der Waals surface area contributed by atoms with Gasteiger partial charge in [0.25, 0.3) is 11.8 Å². The Hall–Kier alpha value is -3.91. The zero-order valence-electron chi connectivity index (χ0n) is 16.7. The van der Waals surface area contributed by atoms with E-state index < -0.39 is 23.7 Å². The average molecular weight is 455 g/mol. The molecule has 4 amide bonds. The molecule has 0 unspecified atom stereocenters. The Labute approximate surface area is 187 Å². The van der Waals surface area contributed by atoms with E-state index in [1.54, 1.807) is 30.3 Å². The lowest BCUT2D eigenvalue weighted by Crippen LogP contribution is -2.54. The quantitative estimate of drug-likeness (QED) is 0.441. The first-order chi connectivity index (χ1) is 15.4. The topological polar surface area (TPSA) is 88.8 Å². The Morgan fingerprint density at radius 2 is 1.84 bits per heavy atom. The number of imide groups is 2. The summed E-state index contributed by atoms with van der Waals surface area (Å²) in [7, 11) is 0. The van der Waals surface area contributed by atoms with Gasteiger partial charge in [-0.15, -0.1) is 0 Å². The maximum absolute atomic E-state index is 13.4. The summed E-state index contributed by atoms with van der Waals surface area (Å²) in [5.74, 6) is -1.07. The molecule has 0 bridgehead atoms. The summed E-state index contributed by atoms with van der Waals surface area (Å²) in [5.41, 5.74) is 0.513. The van der Waals surface area contributed by atoms with E-state index in [9.17, 15) is 18.8 Å². The smallest absolute Gasteiger partial charge is 0.335 e. The summed E-state index contributed by atoms with van der Waals surface area (Å²) in [4.78, 5) is 38.5. The molecule has 1 saturated heterocycles. The number of hydrogen-bond acceptors (Lipinski definition) is 5. The first-order valence-corrected chi connectivity index (χ1v) is 9.94. The van der Waals surface area contributed by atoms with Crippen LogP contribution in [0.15, 0.2) is 64.6 Å². The second-order valence-corrected chi connectivity index (χ2v) is 7.12. The van der Waals surface area contributed by atoms with Gasteiger partial charge in [-0.1, -0.05) is 11.6 Å². The van der Waals surface area contributed by atoms with Crippen LogP contribution in [0.25, 0.3) is 17.4 Å². The lowest BCUT2D eigenvalue weighted by Gasteiger charge is -2.26. The number of halogens is 2. The Morgan fingerprint density at radius 3 is 2.53 bits per heavy atom. The van der Waals surface area contributed by atoms with E-state index in [1.807, 2.05) is 6.92 Å². The monoisotopic (exact) mass is 454 g/mol. The summed E-state index contributed by atoms with van der Waals surface area (Å²) < 4.78 is 24.4. The van der Waals surface area contributed by atoms with Crippen LogP contribution in [0.1, 0.15) is 12.7 Å². The fourth-order valence-corrected chi connectivity index (χ4v) is 3.31. The highest BCUT2D eigenvalue weighted by Gasteiger charge is 2.37. The van der Waals surface area contributed by atoms with Crippen molar-refractivity contribution in [2.24, 2.45) is 0 Å². The maximum Gasteiger partial charge on any atom is 0.335 e. The number of hydrogen-bond donors (Lipinski definition) is 1. The number of carbonyl (C=O) groups excluding carboxylic acids is 3. The van der Waals surface area contributed by atoms with Gasteiger partial charge in [0, 0.05) is 5.56 Å². The van der Waals surface area contributed by atoms with Crippen LogP contribution >= 0.6 is 11.6 Å². The van der Waals surface area contributed by atoms with Crippen molar-refractivity contribution in [3.63, 3.8) is 0 Å². The Morgan fingerprint density at radius 1 is 1.09 bits per heavy atom. The van der Waals surface area contributed by atoms with Gasteiger partial charge in [0.2, 0.25) is 0 Å². The van der Waals surface area contributed by atoms with Crippen molar-refractivity contribution in [3.05, 3.63) is 76.8 Å². The van der Waals surface area contributed by atoms with E-state index in [1.165, 1.54) is 30.3 Å². The fourth-order valence-electron chi connectivity index (χ4n) is 3.13. The number of urea groups is 1. The molecule has 1 N–H and O–H groups in total. The average Bonchev–Trinajstić information content (AvgIpc) is 3.23. The normalized spacial score (nSPS) is 15.3. The summed E-state index contributed by atoms with van der Waals surface area (Å²) in [5, 5.41) is 2.08. The van der Waals surface area contributed by atoms with Crippen LogP contribution in [0.2, 0.25) is 5.02 Å². The molecule has 3 aromatic rings. The van der Waals surface area contributed by atoms with Crippen LogP contribution in [0.5, 0.6) is 5.75 Å². The van der Waals surface area contributed by atoms with E-state index >= 15 is 0 Å². The molecule has 0 atom stereocenters. The van der Waals surface area contributed by atoms with E-state index in [-0.39, 0.29) is 22.0 Å². The third-order valence-electron chi connectivity index (χ3n) is 4.63. The minimum atomic E-state index is -0.859. The molecule has 2 heterocycles. The number of rotatable bonds is 5. The number of carbonyl (C=O) groups is 3. The highest BCUT2D eigenvalue weighted by molar-refractivity contribution is 6.39. The van der Waals surface area contributed by atoms with Crippen molar-refractivity contribution in [1.29, 1.82) is 0 Å². The molecule has 9 heteroatoms. The predicted octanol–water partition coefficient (Wildman–Crippen LogP) is 4.80. The highest BCUT2D eigenvalue weighted by Crippen LogP contribution is 2.29. The molecular formula is C23H16ClFN2O5. The van der Waals surface area contributed by atoms with Gasteiger partial charge < -0.3 is 9.15 Å². The van der Waals surface area contributed by atoms with Crippen molar-refractivity contribution >= 4 is 41.2 Å². The molecular weight excluding hydrogens is 439 g/mol. The van der Waals surface area contributed by atoms with Crippen molar-refractivity contribution < 1.29 is 27.9 Å². The third-order valence-corrected chi connectivity index (χ3v) is 4.91. The van der Waals surface area contributed by atoms with E-state index in [4.69, 9.17) is 20.8 Å². The molecule has 7 nitrogen and oxygen atoms in total. The number of ether oxygens (including phenoxy) is 1. The standard InChI is InChI=1S/C23H16ClFN2O5/c1-2-31-15-6-4-14(5-7-15)27-22(29)17(21(28)26-23(27)30)12-16-8-10-20(32-16)13-3-9-19(25)18(24)11-13/h3-12H,2H2,1H3,(H,26,28,30)/b17-12+. The van der Waals surface area contributed by atoms with Gasteiger partial charge in [-0.25, -0.2) is 14.1 Å². The molecule has 4 rings (SSSR count). The van der Waals surface area contributed by atoms with Gasteiger partial charge in [-0.2, -0.15) is 0 Å². The van der Waals surface area contributed by atoms with Crippen LogP contribution in [0.4, 0.5) is 14.9 Å². The molecule has 0 aliphatic carbocycles. The van der Waals surface area contributed by atoms with Crippen molar-refractivity contribution in [1.82, 2.24) is 5.32 Å². The molecule has 32 heavy (non-hydrogen) atoms. The minimum absolute atomic E-state index is 0.0647. The van der Waals surface area contributed by atoms with Crippen molar-refractivity contribution in [2.75, 3.05) is 11.5 Å². The lowest BCUT2D eigenvalue weighted by molar-refractivity contribution is -0.122. The summed E-state index contributed by atoms with van der Waals surface area (Å²) in [6, 6.07) is 12.7. The third kappa shape index (κ3) is 4.13. The number of furan rings is 1. The van der Waals surface area contributed by atoms with Crippen LogP contribution in [-0.2, 0) is 9.59 Å². The number of nitrogens with zero attached hydrogens (tertiary/aromatic N) is 1. The van der Waals surface area contributed by atoms with Gasteiger partial charge in [0.15, 0.2) is 0 Å². The minimum Gasteiger partial charge on any atom is -0.494 e. The first kappa shape index (κ1) is 21.3. The number of benzene rings is 2. The molecule has 0 spiro atoms. The zero-order valence-corrected chi connectivity index (χ0v) is 17.5. The summed E-state index contributed by atoms with van der Waals surface area (Å²) >= 11 is 5.81. The SMILES string of the molecule is CCOc1ccc(N2C(=O)NC(=O)/C(=C\c3ccc(-c4ccc(F)c(Cl)c4)o3)C2=O)cc1. The maximum atomic E-state index is 13.4. The molecule has 1 aliphatic heterocycles. The first-order valence-electron chi connectivity index (χ1n) is 9.57. The summed E-state index contributed by atoms with van der Waals surface area (Å²) in [6.07, 6.45) is 1.24. The Kier molecular flexibility index (Phi) is 5.79. The molecule has 2 aromatic carbocycles. The van der Waals surface area contributed by atoms with Crippen LogP contribution in [0.3, 0.4) is 0 Å². The van der Waals surface area contributed by atoms with Crippen molar-refractivity contribution in [3.8, 4) is 17.1 Å². The molecule has 1 aromatic heterocycles. The Balaban J connectivity index is 1.63. The number of nitrogens with one attached hydrogen (secondary N) is 1. The van der Waals surface area contributed by atoms with E-state index in [2.05, 4.69) is 5.32 Å². The summed E-state index contributed by atoms with van der Waals surface area (Å²) in [6.45, 7) is 2.31. The van der Waals surface area contributed by atoms with Crippen molar-refractivity contribution in [2.45, 2.75) is 6.92 Å². The van der Waals surface area contributed by atoms with Gasteiger partial charge >= 0.3 is 6.03 Å². The molecule has 1 fully saturated rings. The molecule has 162 valence electrons. The van der Waals surface area contributed by atoms with Crippen LogP contribution < -0.4 is 15.0 Å². The van der Waals surface area contributed by atoms with E-state index in [0.29, 0.717) is 23.7 Å². The van der Waals surface area contributed by atoms with Gasteiger partial charge in [-0.05, 0) is 67.6 Å². The number of barbiturate groups is 1. The second-order valence-electron chi connectivity index (χ2n) is 6.72. The van der Waals surface area contributed by atoms with Crippen LogP contribution in [-0.4, -0.2) is 24.5 Å². The molecule has 0 saturated carbocycles.